The Morgan fingerprint density at radius 3 is 2.59 bits per heavy atom. The lowest BCUT2D eigenvalue weighted by molar-refractivity contribution is 0.103. The Morgan fingerprint density at radius 1 is 1.24 bits per heavy atom. The minimum atomic E-state index is -4.44. The molecule has 34 heavy (non-hydrogen) atoms. The van der Waals surface area contributed by atoms with E-state index >= 15 is 4.39 Å². The number of pyridine rings is 1. The number of anilines is 2. The van der Waals surface area contributed by atoms with E-state index < -0.39 is 54.7 Å². The summed E-state index contributed by atoms with van der Waals surface area (Å²) in [5.74, 6) is -5.33. The molecular weight excluding hydrogens is 473 g/mol. The van der Waals surface area contributed by atoms with E-state index in [0.29, 0.717) is 18.6 Å². The molecule has 0 aliphatic heterocycles. The Bertz CT molecular complexity index is 1370. The Labute approximate surface area is 194 Å². The topological polar surface area (TPSA) is 109 Å². The predicted molar refractivity (Wildman–Crippen MR) is 122 cm³/mol. The number of H-pyrrole nitrogens is 1. The monoisotopic (exact) mass is 495 g/mol. The van der Waals surface area contributed by atoms with Gasteiger partial charge in [-0.15, -0.1) is 0 Å². The molecular formula is C22H22F3N4O4S-. The van der Waals surface area contributed by atoms with Gasteiger partial charge in [0.2, 0.25) is 15.8 Å². The molecule has 0 spiro atoms. The summed E-state index contributed by atoms with van der Waals surface area (Å²) in [5, 5.41) is 12.5. The van der Waals surface area contributed by atoms with Crippen LogP contribution in [0.4, 0.5) is 24.5 Å². The van der Waals surface area contributed by atoms with Crippen LogP contribution in [0.2, 0.25) is 0 Å². The highest BCUT2D eigenvalue weighted by Gasteiger charge is 2.33. The maximum absolute atomic E-state index is 15.3. The van der Waals surface area contributed by atoms with Crippen LogP contribution in [-0.4, -0.2) is 43.0 Å². The zero-order valence-electron chi connectivity index (χ0n) is 18.4. The Kier molecular flexibility index (Phi) is 6.30. The number of fused-ring (bicyclic) bond motifs is 1. The zero-order valence-corrected chi connectivity index (χ0v) is 19.3. The van der Waals surface area contributed by atoms with Gasteiger partial charge in [0.05, 0.1) is 39.8 Å². The molecule has 2 heterocycles. The van der Waals surface area contributed by atoms with Gasteiger partial charge < -0.3 is 19.6 Å². The Morgan fingerprint density at radius 2 is 1.94 bits per heavy atom. The van der Waals surface area contributed by atoms with E-state index in [0.717, 1.165) is 25.2 Å². The third-order valence-electron chi connectivity index (χ3n) is 5.82. The third kappa shape index (κ3) is 4.11. The SMILES string of the molecule is CCCCS(=O)(=O)N([O-])c1ccc(F)c(C(=O)c2c[nH]c3ncc(F)c(N(C)C4CC4)c23)c1F. The summed E-state index contributed by atoms with van der Waals surface area (Å²) in [7, 11) is -2.79. The van der Waals surface area contributed by atoms with Gasteiger partial charge in [0.15, 0.2) is 11.6 Å². The van der Waals surface area contributed by atoms with Gasteiger partial charge in [-0.05, 0) is 31.4 Å². The summed E-state index contributed by atoms with van der Waals surface area (Å²) >= 11 is 0. The van der Waals surface area contributed by atoms with Gasteiger partial charge in [0.1, 0.15) is 11.5 Å². The first-order chi connectivity index (χ1) is 16.1. The van der Waals surface area contributed by atoms with Gasteiger partial charge in [-0.3, -0.25) is 4.79 Å². The number of unbranched alkanes of at least 4 members (excludes halogenated alkanes) is 1. The lowest BCUT2D eigenvalue weighted by Crippen LogP contribution is -2.29. The summed E-state index contributed by atoms with van der Waals surface area (Å²) in [6.45, 7) is 1.72. The minimum absolute atomic E-state index is 0.0400. The number of aromatic amines is 1. The lowest BCUT2D eigenvalue weighted by atomic mass is 10.0. The van der Waals surface area contributed by atoms with Gasteiger partial charge in [0, 0.05) is 19.3 Å². The average molecular weight is 496 g/mol. The number of sulfonamides is 1. The second-order valence-corrected chi connectivity index (χ2v) is 10.1. The number of hydrogen-bond acceptors (Lipinski definition) is 6. The first kappa shape index (κ1) is 24.0. The largest absolute Gasteiger partial charge is 0.744 e. The molecule has 0 atom stereocenters. The molecule has 0 radical (unpaired) electrons. The number of halogens is 3. The summed E-state index contributed by atoms with van der Waals surface area (Å²) < 4.78 is 68.7. The molecule has 1 N–H and O–H groups in total. The molecule has 1 aromatic carbocycles. The van der Waals surface area contributed by atoms with Crippen molar-refractivity contribution in [3.63, 3.8) is 0 Å². The molecule has 1 aliphatic carbocycles. The molecule has 4 rings (SSSR count). The van der Waals surface area contributed by atoms with Crippen LogP contribution in [-0.2, 0) is 10.0 Å². The Balaban J connectivity index is 1.83. The molecule has 3 aromatic rings. The van der Waals surface area contributed by atoms with Crippen LogP contribution < -0.4 is 9.37 Å². The van der Waals surface area contributed by atoms with Crippen molar-refractivity contribution < 1.29 is 26.4 Å². The van der Waals surface area contributed by atoms with Crippen LogP contribution in [0.3, 0.4) is 0 Å². The second-order valence-electron chi connectivity index (χ2n) is 8.20. The van der Waals surface area contributed by atoms with Crippen molar-refractivity contribution in [3.05, 3.63) is 58.3 Å². The Hall–Kier alpha value is -3.12. The highest BCUT2D eigenvalue weighted by molar-refractivity contribution is 7.92. The van der Waals surface area contributed by atoms with Crippen LogP contribution in [0.25, 0.3) is 11.0 Å². The average Bonchev–Trinajstić information content (AvgIpc) is 3.56. The lowest BCUT2D eigenvalue weighted by Gasteiger charge is -2.30. The van der Waals surface area contributed by atoms with Crippen molar-refractivity contribution in [2.45, 2.75) is 38.6 Å². The predicted octanol–water partition coefficient (Wildman–Crippen LogP) is 4.24. The van der Waals surface area contributed by atoms with Gasteiger partial charge in [0.25, 0.3) is 0 Å². The molecule has 0 unspecified atom stereocenters. The van der Waals surface area contributed by atoms with E-state index in [4.69, 9.17) is 0 Å². The van der Waals surface area contributed by atoms with Gasteiger partial charge in [-0.2, -0.15) is 0 Å². The maximum Gasteiger partial charge on any atom is 0.225 e. The molecule has 182 valence electrons. The van der Waals surface area contributed by atoms with Crippen molar-refractivity contribution in [1.29, 1.82) is 0 Å². The van der Waals surface area contributed by atoms with Crippen LogP contribution in [0.15, 0.2) is 24.5 Å². The molecule has 1 saturated carbocycles. The van der Waals surface area contributed by atoms with Crippen molar-refractivity contribution in [3.8, 4) is 0 Å². The quantitative estimate of drug-likeness (QED) is 0.351. The molecule has 0 bridgehead atoms. The van der Waals surface area contributed by atoms with Crippen molar-refractivity contribution in [2.24, 2.45) is 0 Å². The van der Waals surface area contributed by atoms with E-state index in [1.54, 1.807) is 18.9 Å². The number of benzene rings is 1. The van der Waals surface area contributed by atoms with E-state index in [1.165, 1.54) is 0 Å². The number of rotatable bonds is 9. The standard InChI is InChI=1S/C22H22F3N4O4S/c1-3-4-9-34(32,33)29(31)16-8-7-14(23)18(19(16)25)21(30)13-10-26-22-17(13)20(15(24)11-27-22)28(2)12-5-6-12/h7-8,10-12H,3-6,9H2,1-2H3,(H,26,27)/q-1. The van der Waals surface area contributed by atoms with Gasteiger partial charge in [-0.1, -0.05) is 13.3 Å². The number of carbonyl (C=O) groups excluding carboxylic acids is 1. The highest BCUT2D eigenvalue weighted by atomic mass is 32.2. The van der Waals surface area contributed by atoms with Crippen LogP contribution in [0, 0.1) is 22.7 Å². The molecule has 0 saturated heterocycles. The molecule has 1 aliphatic rings. The van der Waals surface area contributed by atoms with Gasteiger partial charge >= 0.3 is 0 Å². The molecule has 12 heteroatoms. The number of ketones is 1. The van der Waals surface area contributed by atoms with Crippen LogP contribution >= 0.6 is 0 Å². The first-order valence-corrected chi connectivity index (χ1v) is 12.3. The fourth-order valence-corrected chi connectivity index (χ4v) is 5.07. The minimum Gasteiger partial charge on any atom is -0.744 e. The normalized spacial score (nSPS) is 13.9. The first-order valence-electron chi connectivity index (χ1n) is 10.7. The van der Waals surface area contributed by atoms with Crippen LogP contribution in [0.5, 0.6) is 0 Å². The summed E-state index contributed by atoms with van der Waals surface area (Å²) in [5.41, 5.74) is -2.18. The van der Waals surface area contributed by atoms with E-state index in [9.17, 15) is 27.2 Å². The molecule has 1 fully saturated rings. The van der Waals surface area contributed by atoms with E-state index in [1.807, 2.05) is 0 Å². The fraction of sp³-hybridized carbons (Fsp3) is 0.364. The van der Waals surface area contributed by atoms with Crippen LogP contribution in [0.1, 0.15) is 48.5 Å². The number of hydrogen-bond donors (Lipinski definition) is 1. The molecule has 2 aromatic heterocycles. The maximum atomic E-state index is 15.3. The number of nitrogens with zero attached hydrogens (tertiary/aromatic N) is 3. The smallest absolute Gasteiger partial charge is 0.225 e. The fourth-order valence-electron chi connectivity index (χ4n) is 3.81. The summed E-state index contributed by atoms with van der Waals surface area (Å²) in [6, 6.07) is 1.37. The highest BCUT2D eigenvalue weighted by Crippen LogP contribution is 2.38. The molecule has 0 amide bonds. The van der Waals surface area contributed by atoms with E-state index in [-0.39, 0.29) is 34.7 Å². The molecule has 8 nitrogen and oxygen atoms in total. The second kappa shape index (κ2) is 8.91. The third-order valence-corrected chi connectivity index (χ3v) is 7.33. The van der Waals surface area contributed by atoms with E-state index in [2.05, 4.69) is 9.97 Å². The summed E-state index contributed by atoms with van der Waals surface area (Å²) in [4.78, 5) is 21.6. The van der Waals surface area contributed by atoms with Gasteiger partial charge in [-0.25, -0.2) is 26.6 Å². The summed E-state index contributed by atoms with van der Waals surface area (Å²) in [6.07, 6.45) is 4.43. The number of carbonyl (C=O) groups is 1. The number of nitrogens with one attached hydrogen (secondary N) is 1. The number of aromatic nitrogens is 2. The van der Waals surface area contributed by atoms with Crippen molar-refractivity contribution in [2.75, 3.05) is 22.2 Å². The van der Waals surface area contributed by atoms with Crippen molar-refractivity contribution >= 4 is 38.2 Å². The van der Waals surface area contributed by atoms with Crippen molar-refractivity contribution in [1.82, 2.24) is 9.97 Å². The zero-order chi connectivity index (χ0) is 24.8.